The van der Waals surface area contributed by atoms with Gasteiger partial charge in [-0.3, -0.25) is 0 Å². The fraction of sp³-hybridized carbons (Fsp3) is 0.290. The van der Waals surface area contributed by atoms with Crippen molar-refractivity contribution in [3.8, 4) is 11.5 Å². The van der Waals surface area contributed by atoms with E-state index in [9.17, 15) is 0 Å². The molecule has 0 aliphatic heterocycles. The van der Waals surface area contributed by atoms with Crippen LogP contribution in [0, 0.1) is 11.5 Å². The van der Waals surface area contributed by atoms with E-state index in [1.807, 2.05) is 0 Å². The number of rotatable bonds is 3. The molecule has 0 aliphatic carbocycles. The van der Waals surface area contributed by atoms with Crippen molar-refractivity contribution < 1.29 is 4.42 Å². The third kappa shape index (κ3) is 3.47. The van der Waals surface area contributed by atoms with Crippen molar-refractivity contribution >= 4 is 51.4 Å². The molecule has 1 aromatic heterocycles. The molecule has 0 spiro atoms. The second-order valence-electron chi connectivity index (χ2n) is 10.3. The van der Waals surface area contributed by atoms with Gasteiger partial charge in [-0.1, -0.05) is 71.7 Å². The normalized spacial score (nSPS) is 12.5. The third-order valence-corrected chi connectivity index (χ3v) is 14.0. The van der Waals surface area contributed by atoms with Gasteiger partial charge in [0, 0.05) is 10.9 Å². The minimum atomic E-state index is -1.74. The van der Waals surface area contributed by atoms with Gasteiger partial charge in [-0.25, -0.2) is 0 Å². The largest absolute Gasteiger partial charge is 0.464 e. The van der Waals surface area contributed by atoms with Crippen LogP contribution in [0.25, 0.3) is 43.3 Å². The van der Waals surface area contributed by atoms with Crippen molar-refractivity contribution in [3.63, 3.8) is 0 Å². The number of furan rings is 1. The minimum Gasteiger partial charge on any atom is -0.464 e. The van der Waals surface area contributed by atoms with Crippen molar-refractivity contribution in [3.05, 3.63) is 72.5 Å². The van der Waals surface area contributed by atoms with E-state index in [1.54, 1.807) is 6.26 Å². The molecule has 1 heterocycles. The summed E-state index contributed by atoms with van der Waals surface area (Å²) in [4.78, 5) is 0. The van der Waals surface area contributed by atoms with Crippen molar-refractivity contribution in [1.29, 1.82) is 0 Å². The van der Waals surface area contributed by atoms with Gasteiger partial charge in [-0.05, 0) is 85.3 Å². The number of fused-ring (bicyclic) bond motifs is 6. The highest BCUT2D eigenvalue weighted by molar-refractivity contribution is 6.90. The molecule has 2 heteroatoms. The monoisotopic (exact) mass is 448 g/mol. The lowest BCUT2D eigenvalue weighted by atomic mass is 9.96. The van der Waals surface area contributed by atoms with E-state index < -0.39 is 8.07 Å². The summed E-state index contributed by atoms with van der Waals surface area (Å²) in [6, 6.07) is 22.1. The maximum Gasteiger partial charge on any atom is 0.146 e. The van der Waals surface area contributed by atoms with Crippen molar-refractivity contribution in [1.82, 2.24) is 0 Å². The Bertz CT molecular complexity index is 1530. The molecule has 0 N–H and O–H groups in total. The SMILES string of the molecule is CC(C)[Si](C#Cc1ccc2cc3c(ccc4c5ccoc5ccc34)cc2c1)(C(C)C)C(C)C. The van der Waals surface area contributed by atoms with E-state index in [-0.39, 0.29) is 0 Å². The van der Waals surface area contributed by atoms with E-state index in [2.05, 4.69) is 114 Å². The smallest absolute Gasteiger partial charge is 0.146 e. The molecular formula is C31H32OSi. The Morgan fingerprint density at radius 2 is 1.27 bits per heavy atom. The first-order valence-electron chi connectivity index (χ1n) is 12.1. The molecule has 0 bridgehead atoms. The van der Waals surface area contributed by atoms with Gasteiger partial charge < -0.3 is 4.42 Å². The van der Waals surface area contributed by atoms with Crippen molar-refractivity contribution in [2.45, 2.75) is 58.2 Å². The van der Waals surface area contributed by atoms with Crippen LogP contribution in [0.5, 0.6) is 0 Å². The number of hydrogen-bond donors (Lipinski definition) is 0. The molecule has 4 aromatic carbocycles. The minimum absolute atomic E-state index is 0.643. The van der Waals surface area contributed by atoms with Crippen LogP contribution in [0.2, 0.25) is 16.6 Å². The lowest BCUT2D eigenvalue weighted by Crippen LogP contribution is -2.43. The van der Waals surface area contributed by atoms with Gasteiger partial charge in [-0.15, -0.1) is 5.54 Å². The zero-order valence-corrected chi connectivity index (χ0v) is 21.5. The van der Waals surface area contributed by atoms with Crippen LogP contribution in [0.4, 0.5) is 0 Å². The van der Waals surface area contributed by atoms with Crippen LogP contribution < -0.4 is 0 Å². The Morgan fingerprint density at radius 3 is 2.00 bits per heavy atom. The number of hydrogen-bond acceptors (Lipinski definition) is 1. The van der Waals surface area contributed by atoms with Crippen molar-refractivity contribution in [2.75, 3.05) is 0 Å². The predicted octanol–water partition coefficient (Wildman–Crippen LogP) is 9.46. The second kappa shape index (κ2) is 8.08. The Labute approximate surface area is 197 Å². The average molecular weight is 449 g/mol. The molecule has 0 aliphatic rings. The summed E-state index contributed by atoms with van der Waals surface area (Å²) in [5.74, 6) is 3.62. The van der Waals surface area contributed by atoms with E-state index in [0.717, 1.165) is 11.1 Å². The van der Waals surface area contributed by atoms with Gasteiger partial charge in [-0.2, -0.15) is 0 Å². The molecule has 0 radical (unpaired) electrons. The highest BCUT2D eigenvalue weighted by Gasteiger charge is 2.41. The van der Waals surface area contributed by atoms with Gasteiger partial charge in [0.15, 0.2) is 0 Å². The van der Waals surface area contributed by atoms with Gasteiger partial charge >= 0.3 is 0 Å². The highest BCUT2D eigenvalue weighted by atomic mass is 28.3. The van der Waals surface area contributed by atoms with E-state index in [0.29, 0.717) is 16.6 Å². The summed E-state index contributed by atoms with van der Waals surface area (Å²) in [7, 11) is -1.74. The maximum atomic E-state index is 5.60. The molecule has 0 saturated carbocycles. The summed E-state index contributed by atoms with van der Waals surface area (Å²) in [6.45, 7) is 14.2. The van der Waals surface area contributed by atoms with E-state index in [4.69, 9.17) is 4.42 Å². The molecule has 0 atom stereocenters. The Kier molecular flexibility index (Phi) is 5.34. The van der Waals surface area contributed by atoms with Crippen molar-refractivity contribution in [2.24, 2.45) is 0 Å². The Morgan fingerprint density at radius 1 is 0.606 bits per heavy atom. The lowest BCUT2D eigenvalue weighted by Gasteiger charge is -2.38. The van der Waals surface area contributed by atoms with Crippen LogP contribution in [-0.2, 0) is 0 Å². The number of benzene rings is 4. The van der Waals surface area contributed by atoms with Crippen LogP contribution in [0.15, 0.2) is 71.3 Å². The first kappa shape index (κ1) is 21.8. The summed E-state index contributed by atoms with van der Waals surface area (Å²) in [5, 5.41) is 8.75. The van der Waals surface area contributed by atoms with Crippen LogP contribution in [-0.4, -0.2) is 8.07 Å². The second-order valence-corrected chi connectivity index (χ2v) is 15.9. The van der Waals surface area contributed by atoms with Crippen LogP contribution in [0.3, 0.4) is 0 Å². The summed E-state index contributed by atoms with van der Waals surface area (Å²) >= 11 is 0. The maximum absolute atomic E-state index is 5.60. The first-order valence-corrected chi connectivity index (χ1v) is 14.3. The quantitative estimate of drug-likeness (QED) is 0.116. The fourth-order valence-electron chi connectivity index (χ4n) is 6.03. The molecule has 5 aromatic rings. The lowest BCUT2D eigenvalue weighted by molar-refractivity contribution is 0.616. The predicted molar refractivity (Wildman–Crippen MR) is 147 cm³/mol. The molecule has 33 heavy (non-hydrogen) atoms. The van der Waals surface area contributed by atoms with Gasteiger partial charge in [0.2, 0.25) is 0 Å². The molecule has 0 saturated heterocycles. The topological polar surface area (TPSA) is 13.1 Å². The van der Waals surface area contributed by atoms with Gasteiger partial charge in [0.05, 0.1) is 6.26 Å². The molecule has 166 valence electrons. The van der Waals surface area contributed by atoms with Gasteiger partial charge in [0.25, 0.3) is 0 Å². The third-order valence-electron chi connectivity index (χ3n) is 7.69. The molecule has 1 nitrogen and oxygen atoms in total. The molecular weight excluding hydrogens is 416 g/mol. The standard InChI is InChI=1S/C31H32OSi/c1-20(2)33(21(3)4,22(5)6)16-14-23-7-8-24-19-30-25(18-26(24)17-23)9-10-27-28(30)11-12-31-29(27)13-15-32-31/h7-13,15,17-22H,1-6H3. The first-order chi connectivity index (χ1) is 15.8. The van der Waals surface area contributed by atoms with E-state index in [1.165, 1.54) is 37.7 Å². The zero-order chi connectivity index (χ0) is 23.3. The zero-order valence-electron chi connectivity index (χ0n) is 20.5. The highest BCUT2D eigenvalue weighted by Crippen LogP contribution is 2.41. The summed E-state index contributed by atoms with van der Waals surface area (Å²) < 4.78 is 5.60. The average Bonchev–Trinajstić information content (AvgIpc) is 3.26. The Hall–Kier alpha value is -3.02. The van der Waals surface area contributed by atoms with Crippen LogP contribution in [0.1, 0.15) is 47.1 Å². The van der Waals surface area contributed by atoms with E-state index >= 15 is 0 Å². The molecule has 0 unspecified atom stereocenters. The van der Waals surface area contributed by atoms with Crippen LogP contribution >= 0.6 is 0 Å². The molecule has 0 fully saturated rings. The summed E-state index contributed by atoms with van der Waals surface area (Å²) in [5.41, 5.74) is 7.86. The molecule has 0 amide bonds. The van der Waals surface area contributed by atoms with Gasteiger partial charge in [0.1, 0.15) is 13.7 Å². The molecule has 5 rings (SSSR count). The Balaban J connectivity index is 1.64. The summed E-state index contributed by atoms with van der Waals surface area (Å²) in [6.07, 6.45) is 1.77. The fourth-order valence-corrected chi connectivity index (χ4v) is 11.3.